The van der Waals surface area contributed by atoms with Gasteiger partial charge in [0.1, 0.15) is 6.54 Å². The number of carboxylic acids is 1. The number of carbonyl (C=O) groups is 2. The fraction of sp³-hybridized carbons (Fsp3) is 0.846. The van der Waals surface area contributed by atoms with Gasteiger partial charge >= 0.3 is 12.0 Å². The molecule has 1 fully saturated rings. The predicted molar refractivity (Wildman–Crippen MR) is 69.5 cm³/mol. The lowest BCUT2D eigenvalue weighted by Crippen LogP contribution is -2.52. The minimum Gasteiger partial charge on any atom is -0.480 e. The van der Waals surface area contributed by atoms with Crippen LogP contribution in [0.15, 0.2) is 0 Å². The van der Waals surface area contributed by atoms with Crippen LogP contribution in [0, 0.1) is 5.92 Å². The van der Waals surface area contributed by atoms with Crippen molar-refractivity contribution in [2.45, 2.75) is 52.0 Å². The number of hydrogen-bond donors (Lipinski definition) is 2. The fourth-order valence-corrected chi connectivity index (χ4v) is 2.01. The lowest BCUT2D eigenvalue weighted by atomic mass is 9.83. The molecule has 1 aliphatic carbocycles. The summed E-state index contributed by atoms with van der Waals surface area (Å²) in [7, 11) is 0. The molecule has 0 aliphatic heterocycles. The molecule has 0 spiro atoms. The molecule has 104 valence electrons. The van der Waals surface area contributed by atoms with E-state index < -0.39 is 11.5 Å². The molecule has 0 atom stereocenters. The van der Waals surface area contributed by atoms with Crippen molar-refractivity contribution in [1.82, 2.24) is 10.2 Å². The fourth-order valence-electron chi connectivity index (χ4n) is 2.01. The third-order valence-corrected chi connectivity index (χ3v) is 3.40. The molecule has 18 heavy (non-hydrogen) atoms. The zero-order chi connectivity index (χ0) is 13.8. The maximum absolute atomic E-state index is 12.0. The van der Waals surface area contributed by atoms with Crippen LogP contribution in [0.2, 0.25) is 0 Å². The van der Waals surface area contributed by atoms with E-state index >= 15 is 0 Å². The van der Waals surface area contributed by atoms with Crippen LogP contribution in [0.25, 0.3) is 0 Å². The van der Waals surface area contributed by atoms with Gasteiger partial charge in [0, 0.05) is 12.1 Å². The molecule has 2 N–H and O–H groups in total. The maximum Gasteiger partial charge on any atom is 0.323 e. The minimum atomic E-state index is -0.987. The summed E-state index contributed by atoms with van der Waals surface area (Å²) in [6, 6.07) is -0.288. The minimum absolute atomic E-state index is 0.265. The molecule has 5 heteroatoms. The van der Waals surface area contributed by atoms with Crippen LogP contribution in [-0.4, -0.2) is 40.6 Å². The summed E-state index contributed by atoms with van der Waals surface area (Å²) >= 11 is 0. The number of rotatable bonds is 5. The van der Waals surface area contributed by atoms with Crippen molar-refractivity contribution in [3.8, 4) is 0 Å². The number of amides is 2. The highest BCUT2D eigenvalue weighted by atomic mass is 16.4. The van der Waals surface area contributed by atoms with E-state index in [9.17, 15) is 9.59 Å². The summed E-state index contributed by atoms with van der Waals surface area (Å²) in [4.78, 5) is 24.1. The summed E-state index contributed by atoms with van der Waals surface area (Å²) in [5, 5.41) is 11.7. The number of nitrogens with zero attached hydrogens (tertiary/aromatic N) is 1. The standard InChI is InChI=1S/C13H24N2O3/c1-13(2,3)15(9-11(16)17)12(18)14-8-7-10-5-4-6-10/h10H,4-9H2,1-3H3,(H,14,18)(H,16,17). The SMILES string of the molecule is CC(C)(C)N(CC(=O)O)C(=O)NCCC1CCC1. The predicted octanol–water partition coefficient (Wildman–Crippen LogP) is 2.07. The molecular formula is C13H24N2O3. The molecule has 0 unspecified atom stereocenters. The summed E-state index contributed by atoms with van der Waals surface area (Å²) < 4.78 is 0. The zero-order valence-electron chi connectivity index (χ0n) is 11.5. The Balaban J connectivity index is 2.40. The lowest BCUT2D eigenvalue weighted by molar-refractivity contribution is -0.138. The van der Waals surface area contributed by atoms with Gasteiger partial charge in [-0.15, -0.1) is 0 Å². The van der Waals surface area contributed by atoms with Crippen LogP contribution in [-0.2, 0) is 4.79 Å². The third kappa shape index (κ3) is 4.55. The van der Waals surface area contributed by atoms with Crippen molar-refractivity contribution in [3.63, 3.8) is 0 Å². The van der Waals surface area contributed by atoms with Crippen molar-refractivity contribution >= 4 is 12.0 Å². The Morgan fingerprint density at radius 1 is 1.33 bits per heavy atom. The van der Waals surface area contributed by atoms with Crippen LogP contribution in [0.5, 0.6) is 0 Å². The molecular weight excluding hydrogens is 232 g/mol. The van der Waals surface area contributed by atoms with Gasteiger partial charge in [0.05, 0.1) is 0 Å². The first-order valence-corrected chi connectivity index (χ1v) is 6.58. The average molecular weight is 256 g/mol. The molecule has 0 saturated heterocycles. The molecule has 0 radical (unpaired) electrons. The Bertz CT molecular complexity index is 306. The van der Waals surface area contributed by atoms with E-state index in [1.165, 1.54) is 24.2 Å². The molecule has 2 amide bonds. The monoisotopic (exact) mass is 256 g/mol. The van der Waals surface area contributed by atoms with Gasteiger partial charge in [-0.2, -0.15) is 0 Å². The van der Waals surface area contributed by atoms with Gasteiger partial charge in [-0.1, -0.05) is 19.3 Å². The molecule has 5 nitrogen and oxygen atoms in total. The second-order valence-electron chi connectivity index (χ2n) is 5.97. The van der Waals surface area contributed by atoms with E-state index in [1.807, 2.05) is 20.8 Å². The Morgan fingerprint density at radius 2 is 1.94 bits per heavy atom. The number of aliphatic carboxylic acids is 1. The van der Waals surface area contributed by atoms with Crippen LogP contribution in [0.3, 0.4) is 0 Å². The number of hydrogen-bond acceptors (Lipinski definition) is 2. The van der Waals surface area contributed by atoms with Gasteiger partial charge in [0.2, 0.25) is 0 Å². The Kier molecular flexibility index (Phi) is 4.99. The molecule has 1 aliphatic rings. The summed E-state index contributed by atoms with van der Waals surface area (Å²) in [6.45, 7) is 5.87. The second kappa shape index (κ2) is 6.07. The van der Waals surface area contributed by atoms with Gasteiger partial charge < -0.3 is 15.3 Å². The van der Waals surface area contributed by atoms with Gasteiger partial charge in [-0.25, -0.2) is 4.79 Å². The smallest absolute Gasteiger partial charge is 0.323 e. The molecule has 1 saturated carbocycles. The van der Waals surface area contributed by atoms with Crippen molar-refractivity contribution in [1.29, 1.82) is 0 Å². The Morgan fingerprint density at radius 3 is 2.33 bits per heavy atom. The summed E-state index contributed by atoms with van der Waals surface area (Å²) in [6.07, 6.45) is 4.81. The van der Waals surface area contributed by atoms with Crippen LogP contribution < -0.4 is 5.32 Å². The van der Waals surface area contributed by atoms with E-state index in [4.69, 9.17) is 5.11 Å². The second-order valence-corrected chi connectivity index (χ2v) is 5.97. The van der Waals surface area contributed by atoms with Crippen molar-refractivity contribution in [2.24, 2.45) is 5.92 Å². The molecule has 0 aromatic carbocycles. The van der Waals surface area contributed by atoms with E-state index in [0.29, 0.717) is 6.54 Å². The van der Waals surface area contributed by atoms with Gasteiger partial charge in [-0.05, 0) is 33.1 Å². The van der Waals surface area contributed by atoms with Crippen LogP contribution >= 0.6 is 0 Å². The molecule has 0 aromatic heterocycles. The number of urea groups is 1. The quantitative estimate of drug-likeness (QED) is 0.791. The zero-order valence-corrected chi connectivity index (χ0v) is 11.5. The number of nitrogens with one attached hydrogen (secondary N) is 1. The van der Waals surface area contributed by atoms with Crippen LogP contribution in [0.4, 0.5) is 4.79 Å². The highest BCUT2D eigenvalue weighted by molar-refractivity contribution is 5.80. The topological polar surface area (TPSA) is 69.6 Å². The largest absolute Gasteiger partial charge is 0.480 e. The molecule has 1 rings (SSSR count). The first-order chi connectivity index (χ1) is 8.30. The molecule has 0 heterocycles. The maximum atomic E-state index is 12.0. The highest BCUT2D eigenvalue weighted by Gasteiger charge is 2.28. The first-order valence-electron chi connectivity index (χ1n) is 6.58. The summed E-state index contributed by atoms with van der Waals surface area (Å²) in [5.41, 5.74) is -0.487. The highest BCUT2D eigenvalue weighted by Crippen LogP contribution is 2.28. The third-order valence-electron chi connectivity index (χ3n) is 3.40. The summed E-state index contributed by atoms with van der Waals surface area (Å²) in [5.74, 6) is -0.244. The van der Waals surface area contributed by atoms with E-state index in [0.717, 1.165) is 12.3 Å². The van der Waals surface area contributed by atoms with E-state index in [2.05, 4.69) is 5.32 Å². The van der Waals surface area contributed by atoms with Crippen molar-refractivity contribution in [3.05, 3.63) is 0 Å². The van der Waals surface area contributed by atoms with Gasteiger partial charge in [0.15, 0.2) is 0 Å². The van der Waals surface area contributed by atoms with E-state index in [1.54, 1.807) is 0 Å². The van der Waals surface area contributed by atoms with Crippen molar-refractivity contribution in [2.75, 3.05) is 13.1 Å². The normalized spacial score (nSPS) is 15.9. The Hall–Kier alpha value is -1.26. The Labute approximate surface area is 109 Å². The average Bonchev–Trinajstić information content (AvgIpc) is 2.16. The van der Waals surface area contributed by atoms with Crippen LogP contribution in [0.1, 0.15) is 46.5 Å². The number of carbonyl (C=O) groups excluding carboxylic acids is 1. The molecule has 0 aromatic rings. The van der Waals surface area contributed by atoms with Crippen molar-refractivity contribution < 1.29 is 14.7 Å². The molecule has 0 bridgehead atoms. The van der Waals surface area contributed by atoms with Gasteiger partial charge in [-0.3, -0.25) is 4.79 Å². The lowest BCUT2D eigenvalue weighted by Gasteiger charge is -2.34. The number of carboxylic acid groups (broad SMARTS) is 1. The first kappa shape index (κ1) is 14.8. The van der Waals surface area contributed by atoms with Gasteiger partial charge in [0.25, 0.3) is 0 Å². The van der Waals surface area contributed by atoms with E-state index in [-0.39, 0.29) is 12.6 Å².